The van der Waals surface area contributed by atoms with Gasteiger partial charge in [0, 0.05) is 30.9 Å². The van der Waals surface area contributed by atoms with Crippen molar-refractivity contribution < 1.29 is 0 Å². The second kappa shape index (κ2) is 13.6. The Hall–Kier alpha value is -2.50. The van der Waals surface area contributed by atoms with E-state index in [9.17, 15) is 0 Å². The van der Waals surface area contributed by atoms with Crippen LogP contribution >= 0.6 is 24.8 Å². The molecule has 0 bridgehead atoms. The number of nitrogens with zero attached hydrogens (tertiary/aromatic N) is 2. The molecule has 2 aromatic carbocycles. The number of nitrogens with one attached hydrogen (secondary N) is 2. The normalized spacial score (nSPS) is 10.9. The smallest absolute Gasteiger partial charge is 0.188 e. The minimum Gasteiger partial charge on any atom is -0.370 e. The van der Waals surface area contributed by atoms with Crippen molar-refractivity contribution in [2.75, 3.05) is 13.1 Å². The first kappa shape index (κ1) is 24.5. The minimum absolute atomic E-state index is 0. The van der Waals surface area contributed by atoms with E-state index in [1.54, 1.807) is 6.33 Å². The molecule has 0 fully saturated rings. The van der Waals surface area contributed by atoms with E-state index in [0.717, 1.165) is 31.5 Å². The Balaban J connectivity index is 0.00000210. The first-order valence-corrected chi connectivity index (χ1v) is 9.44. The summed E-state index contributed by atoms with van der Waals surface area (Å²) in [6.45, 7) is 1.49. The average Bonchev–Trinajstić information content (AvgIpc) is 3.23. The van der Waals surface area contributed by atoms with Crippen molar-refractivity contribution in [3.05, 3.63) is 90.0 Å². The molecule has 7 heteroatoms. The fourth-order valence-electron chi connectivity index (χ4n) is 3.19. The third-order valence-corrected chi connectivity index (χ3v) is 4.58. The van der Waals surface area contributed by atoms with Crippen molar-refractivity contribution in [1.29, 1.82) is 0 Å². The predicted molar refractivity (Wildman–Crippen MR) is 125 cm³/mol. The van der Waals surface area contributed by atoms with Gasteiger partial charge in [-0.25, -0.2) is 4.98 Å². The maximum absolute atomic E-state index is 6.02. The third-order valence-electron chi connectivity index (χ3n) is 4.58. The zero-order chi connectivity index (χ0) is 18.7. The minimum atomic E-state index is 0. The molecule has 4 N–H and O–H groups in total. The van der Waals surface area contributed by atoms with Crippen LogP contribution in [0.2, 0.25) is 0 Å². The standard InChI is InChI=1S/C22H27N5.2ClH/c23-22(25-14-7-12-20-16-24-17-27-20)26-15-13-21(18-8-3-1-4-9-18)19-10-5-2-6-11-19;;/h1-6,8-11,16-17,21H,7,12-15H2,(H,24,27)(H3,23,25,26);2*1H. The molecule has 0 aliphatic carbocycles. The number of aliphatic imine (C=N–C) groups is 1. The van der Waals surface area contributed by atoms with Gasteiger partial charge in [-0.2, -0.15) is 0 Å². The molecule has 29 heavy (non-hydrogen) atoms. The maximum atomic E-state index is 6.02. The zero-order valence-electron chi connectivity index (χ0n) is 16.3. The van der Waals surface area contributed by atoms with Gasteiger partial charge < -0.3 is 16.0 Å². The summed E-state index contributed by atoms with van der Waals surface area (Å²) in [5.74, 6) is 0.854. The molecule has 0 spiro atoms. The summed E-state index contributed by atoms with van der Waals surface area (Å²) >= 11 is 0. The molecule has 0 atom stereocenters. The number of imidazole rings is 1. The number of guanidine groups is 1. The van der Waals surface area contributed by atoms with Crippen molar-refractivity contribution >= 4 is 30.8 Å². The van der Waals surface area contributed by atoms with Gasteiger partial charge in [-0.1, -0.05) is 60.7 Å². The zero-order valence-corrected chi connectivity index (χ0v) is 18.0. The summed E-state index contributed by atoms with van der Waals surface area (Å²) in [5.41, 5.74) is 9.79. The van der Waals surface area contributed by atoms with Gasteiger partial charge in [0.2, 0.25) is 0 Å². The summed E-state index contributed by atoms with van der Waals surface area (Å²) in [7, 11) is 0. The monoisotopic (exact) mass is 433 g/mol. The topological polar surface area (TPSA) is 79.1 Å². The molecule has 0 saturated carbocycles. The lowest BCUT2D eigenvalue weighted by Gasteiger charge is -2.18. The number of halogens is 2. The summed E-state index contributed by atoms with van der Waals surface area (Å²) in [6, 6.07) is 21.2. The van der Waals surface area contributed by atoms with Crippen molar-refractivity contribution in [2.45, 2.75) is 25.2 Å². The summed E-state index contributed by atoms with van der Waals surface area (Å²) in [4.78, 5) is 11.5. The highest BCUT2D eigenvalue weighted by Crippen LogP contribution is 2.27. The van der Waals surface area contributed by atoms with Crippen LogP contribution in [-0.4, -0.2) is 29.0 Å². The van der Waals surface area contributed by atoms with Crippen LogP contribution in [0.4, 0.5) is 0 Å². The van der Waals surface area contributed by atoms with Crippen LogP contribution in [0.5, 0.6) is 0 Å². The summed E-state index contributed by atoms with van der Waals surface area (Å²) in [6.07, 6.45) is 6.38. The van der Waals surface area contributed by atoms with Gasteiger partial charge in [-0.05, 0) is 30.4 Å². The van der Waals surface area contributed by atoms with E-state index in [1.807, 2.05) is 6.20 Å². The second-order valence-corrected chi connectivity index (χ2v) is 6.54. The number of aromatic nitrogens is 2. The molecule has 5 nitrogen and oxygen atoms in total. The molecular formula is C22H29Cl2N5. The SMILES string of the molecule is Cl.Cl.NC(=NCCCc1cnc[nH]1)NCCC(c1ccccc1)c1ccccc1. The lowest BCUT2D eigenvalue weighted by molar-refractivity contribution is 0.687. The Morgan fingerprint density at radius 3 is 2.17 bits per heavy atom. The lowest BCUT2D eigenvalue weighted by atomic mass is 9.88. The van der Waals surface area contributed by atoms with E-state index in [2.05, 4.69) is 80.9 Å². The highest BCUT2D eigenvalue weighted by atomic mass is 35.5. The van der Waals surface area contributed by atoms with Crippen LogP contribution in [0.3, 0.4) is 0 Å². The lowest BCUT2D eigenvalue weighted by Crippen LogP contribution is -2.33. The average molecular weight is 434 g/mol. The molecule has 0 aliphatic heterocycles. The third kappa shape index (κ3) is 8.18. The van der Waals surface area contributed by atoms with Crippen LogP contribution < -0.4 is 11.1 Å². The molecule has 0 aliphatic rings. The predicted octanol–water partition coefficient (Wildman–Crippen LogP) is 4.31. The molecule has 1 aromatic heterocycles. The Morgan fingerprint density at radius 2 is 1.62 bits per heavy atom. The van der Waals surface area contributed by atoms with Gasteiger partial charge in [0.05, 0.1) is 6.33 Å². The fourth-order valence-corrected chi connectivity index (χ4v) is 3.19. The van der Waals surface area contributed by atoms with E-state index in [-0.39, 0.29) is 24.8 Å². The van der Waals surface area contributed by atoms with Crippen molar-refractivity contribution in [2.24, 2.45) is 10.7 Å². The van der Waals surface area contributed by atoms with Crippen molar-refractivity contribution in [3.8, 4) is 0 Å². The van der Waals surface area contributed by atoms with Crippen LogP contribution in [0.1, 0.15) is 35.6 Å². The highest BCUT2D eigenvalue weighted by molar-refractivity contribution is 5.85. The molecular weight excluding hydrogens is 405 g/mol. The Labute approximate surface area is 185 Å². The molecule has 3 aromatic rings. The Bertz CT molecular complexity index is 768. The molecule has 0 saturated heterocycles. The quantitative estimate of drug-likeness (QED) is 0.267. The molecule has 0 radical (unpaired) electrons. The largest absolute Gasteiger partial charge is 0.370 e. The van der Waals surface area contributed by atoms with Gasteiger partial charge in [-0.3, -0.25) is 4.99 Å². The molecule has 1 heterocycles. The Morgan fingerprint density at radius 1 is 1.00 bits per heavy atom. The van der Waals surface area contributed by atoms with E-state index in [4.69, 9.17) is 5.73 Å². The molecule has 0 unspecified atom stereocenters. The fraction of sp³-hybridized carbons (Fsp3) is 0.273. The molecule has 156 valence electrons. The van der Waals surface area contributed by atoms with Crippen LogP contribution in [0.15, 0.2) is 78.2 Å². The van der Waals surface area contributed by atoms with E-state index < -0.39 is 0 Å². The van der Waals surface area contributed by atoms with Crippen molar-refractivity contribution in [3.63, 3.8) is 0 Å². The number of rotatable bonds is 9. The summed E-state index contributed by atoms with van der Waals surface area (Å²) < 4.78 is 0. The first-order valence-electron chi connectivity index (χ1n) is 9.44. The van der Waals surface area contributed by atoms with E-state index in [0.29, 0.717) is 18.4 Å². The number of nitrogens with two attached hydrogens (primary N) is 1. The van der Waals surface area contributed by atoms with E-state index in [1.165, 1.54) is 11.1 Å². The first-order chi connectivity index (χ1) is 13.3. The second-order valence-electron chi connectivity index (χ2n) is 6.54. The van der Waals surface area contributed by atoms with Gasteiger partial charge in [0.1, 0.15) is 0 Å². The number of benzene rings is 2. The van der Waals surface area contributed by atoms with Gasteiger partial charge >= 0.3 is 0 Å². The highest BCUT2D eigenvalue weighted by Gasteiger charge is 2.13. The van der Waals surface area contributed by atoms with Gasteiger partial charge in [-0.15, -0.1) is 24.8 Å². The molecule has 3 rings (SSSR count). The molecule has 0 amide bonds. The van der Waals surface area contributed by atoms with Crippen LogP contribution in [0, 0.1) is 0 Å². The van der Waals surface area contributed by atoms with Gasteiger partial charge in [0.25, 0.3) is 0 Å². The number of H-pyrrole nitrogens is 1. The number of hydrogen-bond donors (Lipinski definition) is 3. The number of aryl methyl sites for hydroxylation is 1. The van der Waals surface area contributed by atoms with Gasteiger partial charge in [0.15, 0.2) is 5.96 Å². The number of aromatic amines is 1. The summed E-state index contributed by atoms with van der Waals surface area (Å²) in [5, 5.41) is 3.25. The van der Waals surface area contributed by atoms with Crippen LogP contribution in [-0.2, 0) is 6.42 Å². The maximum Gasteiger partial charge on any atom is 0.188 e. The van der Waals surface area contributed by atoms with Crippen LogP contribution in [0.25, 0.3) is 0 Å². The van der Waals surface area contributed by atoms with Crippen molar-refractivity contribution in [1.82, 2.24) is 15.3 Å². The number of hydrogen-bond acceptors (Lipinski definition) is 2. The Kier molecular flexibility index (Phi) is 11.5. The van der Waals surface area contributed by atoms with E-state index >= 15 is 0 Å².